The zero-order chi connectivity index (χ0) is 107. The second-order valence-electron chi connectivity index (χ2n) is 37.1. The number of ether oxygens (including phenoxy) is 18. The first-order valence-electron chi connectivity index (χ1n) is 46.6. The van der Waals surface area contributed by atoms with Crippen LogP contribution in [0.25, 0.3) is 0 Å². The number of hydrogen-bond acceptors (Lipinski definition) is 47. The first-order chi connectivity index (χ1) is 64.4. The van der Waals surface area contributed by atoms with E-state index in [0.29, 0.717) is 26.0 Å². The molecule has 0 aromatic heterocycles. The molecule has 8 rings (SSSR count). The number of esters is 1. The van der Waals surface area contributed by atoms with E-state index in [4.69, 9.17) is 90.8 Å². The van der Waals surface area contributed by atoms with Gasteiger partial charge in [0, 0.05) is 99.6 Å². The van der Waals surface area contributed by atoms with Crippen LogP contribution in [0.4, 0.5) is 4.79 Å². The van der Waals surface area contributed by atoms with Crippen molar-refractivity contribution in [3.63, 3.8) is 0 Å². The molecule has 0 radical (unpaired) electrons. The Labute approximate surface area is 817 Å². The molecule has 828 valence electrons. The maximum Gasteiger partial charge on any atom is 0.474 e. The topological polar surface area (TPSA) is 723 Å². The molecule has 0 spiro atoms. The lowest BCUT2D eigenvalue weighted by Gasteiger charge is -2.39. The standard InChI is InChI=1S/C12H24O3.C11H21NO5.C11H23O8P.C11H22O7S.C11H20O6.C10H21NO7S.C10H19NO6.C10H20O5/c1-5-8-6-9(13)11(14)10(15-8)7-12(2,3)4;1-6(2)16-11-10(15)9(14)4-8(17-11)5-12-7(3)13;1-7(2)18-11-10(13)9(12)5-8(19-11)6-17-20(14,15-3)16-4;1-7(2)17-11-10(13)9(12)6-8(18-11)4-5-19(14,15)16-3;1-6(2)16-11-10(14)9(13)4-8(17-11)5-15-7(3)12;1-6(2)17-10-9(13)8(12)4-7(18-10)5-11-19(14,15)16-3;1-5(2)16-9-8(13)7(12)3-6(17-9)4-15-10(11)14;1-6(2)14-10-9(12)8(11)4-7(15-10)5-13-3/h8-11,13-14H,5-7H2,1-4H3;6,8-11,14-15H,4-5H2,1-3H3,(H,12,13);7-13H,5-6H2,1-4H3;7-13H,4-6H2,1-3H3;6,8-11,13-14H,4-5H2,1-3H3;6-13H,4-5H2,1-3H3;5-9,12-13H,3-4H2,1-2H3,(H2,11,14);6-12H,4-5H2,1-3H3/t8?,9-,10?,11-;2*8-,9+,10+,11+;8-,9-,10-,11-;8-,9+,10+,11+;7-,8+,9+,10+;6-,7+,8+,9+;7-,8+,9+,10+/m00010000/s1. The van der Waals surface area contributed by atoms with Gasteiger partial charge < -0.3 is 178 Å². The highest BCUT2D eigenvalue weighted by Crippen LogP contribution is 2.48. The molecule has 2 amide bonds. The molecule has 8 aliphatic heterocycles. The van der Waals surface area contributed by atoms with Gasteiger partial charge in [0.05, 0.1) is 180 Å². The Morgan fingerprint density at radius 3 is 0.950 bits per heavy atom. The second kappa shape index (κ2) is 67.0. The molecule has 50 nitrogen and oxygen atoms in total. The third-order valence-corrected chi connectivity index (χ3v) is 24.2. The molecule has 8 aliphatic rings. The van der Waals surface area contributed by atoms with Gasteiger partial charge in [-0.1, -0.05) is 27.7 Å². The summed E-state index contributed by atoms with van der Waals surface area (Å²) in [6, 6.07) is 0. The van der Waals surface area contributed by atoms with Crippen molar-refractivity contribution in [1.82, 2.24) is 10.0 Å². The molecule has 0 saturated carbocycles. The van der Waals surface area contributed by atoms with E-state index in [9.17, 15) is 117 Å². The first kappa shape index (κ1) is 134. The summed E-state index contributed by atoms with van der Waals surface area (Å²) in [6.45, 7) is 36.8. The summed E-state index contributed by atoms with van der Waals surface area (Å²) >= 11 is 0. The van der Waals surface area contributed by atoms with Gasteiger partial charge in [-0.15, -0.1) is 0 Å². The predicted molar refractivity (Wildman–Crippen MR) is 490 cm³/mol. The monoisotopic (exact) mass is 2090 g/mol. The molecule has 139 heavy (non-hydrogen) atoms. The number of aliphatic hydroxyl groups is 16. The normalized spacial score (nSPS) is 34.0. The fourth-order valence-corrected chi connectivity index (χ4v) is 15.8. The number of phosphoric ester groups is 1. The SMILES string of the molecule is CC(=O)NC[C@@H]1C[C@@H](O)[C@@H](O)[C@H](OC(C)C)O1.CC(=O)OC[C@@H]1C[C@@H](O)[C@@H](O)[C@H](OC(C)C)O1.CC(C)O[C@@H]1O[C@H](COC(N)=O)C[C@@H](O)[C@H]1O.CCC1C[C@H](O)[C@H](O)C(CC(C)(C)C)O1.COC[C@@H]1C[C@@H](O)[C@@H](O)[C@H](OC(C)C)O1.COP(=O)(OC)OC[C@@H]1C[C@@H](O)[C@@H](O)[C@H](OC(C)C)O1.COS(=O)(=O)CC[C@@H]1C[C@@H](O)[C@@H](O)[C@H](OC(C)C)O1.COS(=O)(=O)NC[C@@H]1C[C@@H](O)[C@@H](O)[C@H](OC(C)C)O1. The van der Waals surface area contributed by atoms with Crippen molar-refractivity contribution in [2.45, 2.75) is 448 Å². The lowest BCUT2D eigenvalue weighted by atomic mass is 9.84. The summed E-state index contributed by atoms with van der Waals surface area (Å²) in [6.07, 6.45) is -23.4. The number of phosphoric acid groups is 1. The first-order valence-corrected chi connectivity index (χ1v) is 51.0. The maximum absolute atomic E-state index is 11.7. The van der Waals surface area contributed by atoms with Crippen molar-refractivity contribution in [3.8, 4) is 0 Å². The zero-order valence-electron chi connectivity index (χ0n) is 84.9. The minimum atomic E-state index is -3.81. The molecule has 8 heterocycles. The molecule has 53 heteroatoms. The second-order valence-corrected chi connectivity index (χ2v) is 42.4. The number of carbonyl (C=O) groups is 3. The van der Waals surface area contributed by atoms with Gasteiger partial charge in [-0.2, -0.15) is 21.6 Å². The number of rotatable bonds is 37. The fraction of sp³-hybridized carbons (Fsp3) is 0.965. The lowest BCUT2D eigenvalue weighted by Crippen LogP contribution is -2.52. The molecule has 0 aromatic carbocycles. The van der Waals surface area contributed by atoms with Crippen molar-refractivity contribution in [3.05, 3.63) is 0 Å². The van der Waals surface area contributed by atoms with Crippen molar-refractivity contribution < 1.29 is 225 Å². The van der Waals surface area contributed by atoms with Gasteiger partial charge in [0.2, 0.25) is 5.91 Å². The molecule has 8 saturated heterocycles. The van der Waals surface area contributed by atoms with Crippen LogP contribution in [-0.4, -0.2) is 437 Å². The number of primary amides is 1. The van der Waals surface area contributed by atoms with Gasteiger partial charge in [0.15, 0.2) is 44.0 Å². The van der Waals surface area contributed by atoms with Gasteiger partial charge in [-0.25, -0.2) is 9.36 Å². The van der Waals surface area contributed by atoms with E-state index < -0.39 is 213 Å². The van der Waals surface area contributed by atoms with Crippen molar-refractivity contribution in [2.75, 3.05) is 80.8 Å². The van der Waals surface area contributed by atoms with Crippen LogP contribution in [0.15, 0.2) is 0 Å². The number of methoxy groups -OCH3 is 1. The summed E-state index contributed by atoms with van der Waals surface area (Å²) in [5, 5.41) is 158. The number of amides is 2. The summed E-state index contributed by atoms with van der Waals surface area (Å²) < 4.78 is 177. The number of nitrogens with one attached hydrogen (secondary N) is 2. The lowest BCUT2D eigenvalue weighted by molar-refractivity contribution is -0.281. The quantitative estimate of drug-likeness (QED) is 0.0205. The van der Waals surface area contributed by atoms with Crippen molar-refractivity contribution in [1.29, 1.82) is 0 Å². The summed E-state index contributed by atoms with van der Waals surface area (Å²) in [5.41, 5.74) is 4.94. The van der Waals surface area contributed by atoms with Gasteiger partial charge in [0.25, 0.3) is 10.1 Å². The Hall–Kier alpha value is -3.18. The Bertz CT molecular complexity index is 3370. The predicted octanol–water partition coefficient (Wildman–Crippen LogP) is -0.845. The number of aliphatic hydroxyl groups excluding tert-OH is 16. The van der Waals surface area contributed by atoms with Gasteiger partial charge in [-0.3, -0.25) is 31.5 Å². The molecule has 20 N–H and O–H groups in total. The van der Waals surface area contributed by atoms with E-state index >= 15 is 0 Å². The van der Waals surface area contributed by atoms with Crippen LogP contribution in [0, 0.1) is 5.41 Å². The Morgan fingerprint density at radius 2 is 0.669 bits per heavy atom. The number of carbonyl (C=O) groups excluding carboxylic acids is 3. The van der Waals surface area contributed by atoms with Crippen molar-refractivity contribution in [2.24, 2.45) is 11.1 Å². The van der Waals surface area contributed by atoms with E-state index in [-0.39, 0.29) is 156 Å². The van der Waals surface area contributed by atoms with Crippen LogP contribution in [-0.2, 0) is 142 Å². The smallest absolute Gasteiger partial charge is 0.463 e. The van der Waals surface area contributed by atoms with Crippen LogP contribution in [0.3, 0.4) is 0 Å². The van der Waals surface area contributed by atoms with Crippen LogP contribution < -0.4 is 15.8 Å². The van der Waals surface area contributed by atoms with Gasteiger partial charge >= 0.3 is 30.2 Å². The van der Waals surface area contributed by atoms with Crippen LogP contribution >= 0.6 is 7.82 Å². The molecule has 8 fully saturated rings. The van der Waals surface area contributed by atoms with E-state index in [2.05, 4.69) is 53.0 Å². The number of nitrogens with two attached hydrogens (primary N) is 1. The third-order valence-electron chi connectivity index (χ3n) is 20.6. The molecule has 0 aliphatic carbocycles. The van der Waals surface area contributed by atoms with E-state index in [0.717, 1.165) is 27.1 Å². The largest absolute Gasteiger partial charge is 0.474 e. The molecular weight excluding hydrogens is 1920 g/mol. The molecule has 2 unspecified atom stereocenters. The van der Waals surface area contributed by atoms with E-state index in [1.165, 1.54) is 28.1 Å². The zero-order valence-corrected chi connectivity index (χ0v) is 87.4. The molecule has 32 atom stereocenters. The summed E-state index contributed by atoms with van der Waals surface area (Å²) in [7, 11) is -4.85. The van der Waals surface area contributed by atoms with Crippen LogP contribution in [0.1, 0.15) is 209 Å². The minimum Gasteiger partial charge on any atom is -0.463 e. The van der Waals surface area contributed by atoms with Crippen LogP contribution in [0.2, 0.25) is 0 Å². The Balaban J connectivity index is 0.000000796. The van der Waals surface area contributed by atoms with E-state index in [1.807, 2.05) is 34.6 Å². The van der Waals surface area contributed by atoms with Gasteiger partial charge in [-0.05, 0) is 122 Å². The van der Waals surface area contributed by atoms with Gasteiger partial charge in [0.1, 0.15) is 62.0 Å². The average Bonchev–Trinajstić information content (AvgIpc) is 0.822. The maximum atomic E-state index is 11.7. The Morgan fingerprint density at radius 1 is 0.388 bits per heavy atom. The highest BCUT2D eigenvalue weighted by Gasteiger charge is 2.46. The Kier molecular flexibility index (Phi) is 64.5. The molecule has 0 bridgehead atoms. The highest BCUT2D eigenvalue weighted by atomic mass is 32.2. The fourth-order valence-electron chi connectivity index (χ4n) is 13.8. The molecular formula is C86H170N3O47PS2. The van der Waals surface area contributed by atoms with E-state index in [1.54, 1.807) is 76.3 Å². The number of hydrogen-bond donors (Lipinski definition) is 19. The average molecular weight is 2090 g/mol. The highest BCUT2D eigenvalue weighted by molar-refractivity contribution is 7.86. The van der Waals surface area contributed by atoms with Crippen LogP contribution in [0.5, 0.6) is 0 Å². The third kappa shape index (κ3) is 55.1. The minimum absolute atomic E-state index is 0.0526. The molecule has 0 aromatic rings. The summed E-state index contributed by atoms with van der Waals surface area (Å²) in [4.78, 5) is 31.9. The summed E-state index contributed by atoms with van der Waals surface area (Å²) in [5.74, 6) is -0.767. The van der Waals surface area contributed by atoms with Crippen molar-refractivity contribution >= 4 is 46.2 Å².